The number of carboxylic acids is 1. The lowest BCUT2D eigenvalue weighted by Crippen LogP contribution is -2.26. The van der Waals surface area contributed by atoms with Gasteiger partial charge in [-0.25, -0.2) is 4.79 Å². The number of hydrogen-bond donors (Lipinski definition) is 3. The van der Waals surface area contributed by atoms with Crippen molar-refractivity contribution >= 4 is 5.97 Å². The molecule has 0 aliphatic carbocycles. The summed E-state index contributed by atoms with van der Waals surface area (Å²) in [6.07, 6.45) is 1.99. The summed E-state index contributed by atoms with van der Waals surface area (Å²) in [5.41, 5.74) is 0.179. The van der Waals surface area contributed by atoms with Crippen LogP contribution in [-0.2, 0) is 6.54 Å². The van der Waals surface area contributed by atoms with Crippen molar-refractivity contribution in [2.75, 3.05) is 6.61 Å². The summed E-state index contributed by atoms with van der Waals surface area (Å²) in [5.74, 6) is -0.581. The van der Waals surface area contributed by atoms with Gasteiger partial charge in [-0.1, -0.05) is 0 Å². The van der Waals surface area contributed by atoms with Gasteiger partial charge in [0.15, 0.2) is 0 Å². The Hall–Kier alpha value is -1.33. The van der Waals surface area contributed by atoms with Crippen LogP contribution in [0.2, 0.25) is 0 Å². The minimum atomic E-state index is -0.990. The highest BCUT2D eigenvalue weighted by atomic mass is 16.4. The molecule has 1 unspecified atom stereocenters. The number of aromatic carboxylic acids is 1. The van der Waals surface area contributed by atoms with Crippen molar-refractivity contribution in [3.8, 4) is 0 Å². The van der Waals surface area contributed by atoms with E-state index in [0.717, 1.165) is 0 Å². The zero-order valence-corrected chi connectivity index (χ0v) is 8.56. The Kier molecular flexibility index (Phi) is 4.33. The Labute approximate surface area is 87.7 Å². The van der Waals surface area contributed by atoms with E-state index in [2.05, 4.69) is 5.32 Å². The molecule has 0 aliphatic rings. The Morgan fingerprint density at radius 3 is 3.00 bits per heavy atom. The number of carbonyl (C=O) groups is 1. The number of aliphatic hydroxyl groups is 1. The van der Waals surface area contributed by atoms with Gasteiger partial charge in [0.25, 0.3) is 0 Å². The second kappa shape index (κ2) is 5.53. The van der Waals surface area contributed by atoms with Crippen molar-refractivity contribution < 1.29 is 19.4 Å². The minimum absolute atomic E-state index is 0.109. The fourth-order valence-electron chi connectivity index (χ4n) is 1.23. The van der Waals surface area contributed by atoms with Gasteiger partial charge in [0.1, 0.15) is 11.3 Å². The van der Waals surface area contributed by atoms with Crippen LogP contribution in [0.15, 0.2) is 16.7 Å². The first-order valence-corrected chi connectivity index (χ1v) is 4.79. The van der Waals surface area contributed by atoms with E-state index >= 15 is 0 Å². The van der Waals surface area contributed by atoms with E-state index < -0.39 is 5.97 Å². The summed E-state index contributed by atoms with van der Waals surface area (Å²) in [6, 6.07) is 1.55. The Bertz CT molecular complexity index is 321. The van der Waals surface area contributed by atoms with Crippen molar-refractivity contribution in [2.24, 2.45) is 0 Å². The molecule has 0 aliphatic heterocycles. The molecular formula is C10H15NO4. The fourth-order valence-corrected chi connectivity index (χ4v) is 1.23. The molecule has 0 bridgehead atoms. The summed E-state index contributed by atoms with van der Waals surface area (Å²) in [7, 11) is 0. The average molecular weight is 213 g/mol. The number of rotatable bonds is 6. The highest BCUT2D eigenvalue weighted by Crippen LogP contribution is 2.10. The lowest BCUT2D eigenvalue weighted by atomic mass is 10.2. The molecule has 5 nitrogen and oxygen atoms in total. The van der Waals surface area contributed by atoms with E-state index in [0.29, 0.717) is 18.7 Å². The van der Waals surface area contributed by atoms with Crippen LogP contribution in [0.3, 0.4) is 0 Å². The van der Waals surface area contributed by atoms with Gasteiger partial charge in [0, 0.05) is 12.6 Å². The minimum Gasteiger partial charge on any atom is -0.478 e. The summed E-state index contributed by atoms with van der Waals surface area (Å²) >= 11 is 0. The van der Waals surface area contributed by atoms with Crippen molar-refractivity contribution in [1.29, 1.82) is 0 Å². The predicted octanol–water partition coefficient (Wildman–Crippen LogP) is 0.838. The maximum Gasteiger partial charge on any atom is 0.339 e. The number of carboxylic acid groups (broad SMARTS) is 1. The zero-order chi connectivity index (χ0) is 11.3. The van der Waals surface area contributed by atoms with E-state index in [1.54, 1.807) is 0 Å². The molecule has 0 radical (unpaired) electrons. The summed E-state index contributed by atoms with van der Waals surface area (Å²) in [4.78, 5) is 10.7. The summed E-state index contributed by atoms with van der Waals surface area (Å²) < 4.78 is 5.05. The first-order chi connectivity index (χ1) is 7.15. The predicted molar refractivity (Wildman–Crippen MR) is 53.7 cm³/mol. The van der Waals surface area contributed by atoms with Crippen LogP contribution in [0.25, 0.3) is 0 Å². The summed E-state index contributed by atoms with van der Waals surface area (Å²) in [6.45, 7) is 2.38. The lowest BCUT2D eigenvalue weighted by Gasteiger charge is -2.10. The van der Waals surface area contributed by atoms with E-state index in [1.165, 1.54) is 12.3 Å². The molecular weight excluding hydrogens is 198 g/mol. The molecule has 84 valence electrons. The first-order valence-electron chi connectivity index (χ1n) is 4.79. The molecule has 1 rings (SSSR count). The van der Waals surface area contributed by atoms with E-state index in [9.17, 15) is 4.79 Å². The zero-order valence-electron chi connectivity index (χ0n) is 8.56. The molecule has 0 spiro atoms. The van der Waals surface area contributed by atoms with Crippen LogP contribution in [0, 0.1) is 0 Å². The molecule has 1 aromatic rings. The van der Waals surface area contributed by atoms with Gasteiger partial charge < -0.3 is 19.9 Å². The van der Waals surface area contributed by atoms with E-state index in [-0.39, 0.29) is 18.2 Å². The molecule has 0 aromatic carbocycles. The van der Waals surface area contributed by atoms with E-state index in [1.807, 2.05) is 6.92 Å². The van der Waals surface area contributed by atoms with Gasteiger partial charge in [0.2, 0.25) is 0 Å². The van der Waals surface area contributed by atoms with Crippen molar-refractivity contribution in [1.82, 2.24) is 5.32 Å². The normalized spacial score (nSPS) is 12.7. The third-order valence-corrected chi connectivity index (χ3v) is 2.15. The molecule has 0 fully saturated rings. The van der Waals surface area contributed by atoms with Crippen LogP contribution in [0.5, 0.6) is 0 Å². The fraction of sp³-hybridized carbons (Fsp3) is 0.500. The Morgan fingerprint density at radius 1 is 1.67 bits per heavy atom. The van der Waals surface area contributed by atoms with E-state index in [4.69, 9.17) is 14.6 Å². The third kappa shape index (κ3) is 3.38. The molecule has 0 saturated carbocycles. The van der Waals surface area contributed by atoms with Gasteiger partial charge in [-0.3, -0.25) is 0 Å². The number of nitrogens with one attached hydrogen (secondary N) is 1. The SMILES string of the molecule is CC(CCO)NCc1occc1C(=O)O. The molecule has 15 heavy (non-hydrogen) atoms. The highest BCUT2D eigenvalue weighted by molar-refractivity contribution is 5.88. The monoisotopic (exact) mass is 213 g/mol. The molecule has 0 amide bonds. The molecule has 1 aromatic heterocycles. The third-order valence-electron chi connectivity index (χ3n) is 2.15. The molecule has 3 N–H and O–H groups in total. The van der Waals surface area contributed by atoms with Crippen LogP contribution < -0.4 is 5.32 Å². The molecule has 1 heterocycles. The van der Waals surface area contributed by atoms with Crippen LogP contribution in [-0.4, -0.2) is 28.8 Å². The maximum atomic E-state index is 10.7. The standard InChI is InChI=1S/C10H15NO4/c1-7(2-4-12)11-6-9-8(10(13)14)3-5-15-9/h3,5,7,11-12H,2,4,6H2,1H3,(H,13,14). The largest absolute Gasteiger partial charge is 0.478 e. The molecule has 1 atom stereocenters. The van der Waals surface area contributed by atoms with Gasteiger partial charge in [-0.2, -0.15) is 0 Å². The Morgan fingerprint density at radius 2 is 2.40 bits per heavy atom. The Balaban J connectivity index is 2.50. The average Bonchev–Trinajstić information content (AvgIpc) is 2.63. The van der Waals surface area contributed by atoms with Crippen molar-refractivity contribution in [2.45, 2.75) is 25.9 Å². The number of hydrogen-bond acceptors (Lipinski definition) is 4. The molecule has 5 heteroatoms. The smallest absolute Gasteiger partial charge is 0.339 e. The second-order valence-electron chi connectivity index (χ2n) is 3.36. The molecule has 0 saturated heterocycles. The maximum absolute atomic E-state index is 10.7. The first kappa shape index (κ1) is 11.7. The van der Waals surface area contributed by atoms with Gasteiger partial charge in [-0.05, 0) is 19.4 Å². The van der Waals surface area contributed by atoms with Gasteiger partial charge >= 0.3 is 5.97 Å². The second-order valence-corrected chi connectivity index (χ2v) is 3.36. The number of aliphatic hydroxyl groups excluding tert-OH is 1. The van der Waals surface area contributed by atoms with Crippen LogP contribution in [0.4, 0.5) is 0 Å². The van der Waals surface area contributed by atoms with Gasteiger partial charge in [-0.15, -0.1) is 0 Å². The van der Waals surface area contributed by atoms with Crippen molar-refractivity contribution in [3.63, 3.8) is 0 Å². The highest BCUT2D eigenvalue weighted by Gasteiger charge is 2.13. The number of furan rings is 1. The quantitative estimate of drug-likeness (QED) is 0.652. The lowest BCUT2D eigenvalue weighted by molar-refractivity contribution is 0.0694. The van der Waals surface area contributed by atoms with Crippen LogP contribution >= 0.6 is 0 Å². The van der Waals surface area contributed by atoms with Gasteiger partial charge in [0.05, 0.1) is 12.8 Å². The summed E-state index contributed by atoms with van der Waals surface area (Å²) in [5, 5.41) is 20.5. The van der Waals surface area contributed by atoms with Crippen LogP contribution in [0.1, 0.15) is 29.5 Å². The topological polar surface area (TPSA) is 82.7 Å². The van der Waals surface area contributed by atoms with Crippen molar-refractivity contribution in [3.05, 3.63) is 23.7 Å².